The fourth-order valence-corrected chi connectivity index (χ4v) is 2.02. The number of carbonyl (C=O) groups excluding carboxylic acids is 2. The molecule has 0 unspecified atom stereocenters. The van der Waals surface area contributed by atoms with Crippen LogP contribution in [-0.4, -0.2) is 28.6 Å². The number of aromatic nitrogens is 1. The molecule has 0 aliphatic heterocycles. The average Bonchev–Trinajstić information content (AvgIpc) is 2.48. The molecule has 2 aromatic rings. The highest BCUT2D eigenvalue weighted by atomic mass is 32.1. The SMILES string of the molecule is CCOC(=O)c1cc(C(=O)Nc2ccccc2)c(=S)[nH]c1O. The first kappa shape index (κ1) is 15.7. The van der Waals surface area contributed by atoms with E-state index in [0.29, 0.717) is 5.69 Å². The van der Waals surface area contributed by atoms with E-state index in [0.717, 1.165) is 0 Å². The van der Waals surface area contributed by atoms with Gasteiger partial charge in [-0.3, -0.25) is 4.79 Å². The van der Waals surface area contributed by atoms with E-state index in [1.807, 2.05) is 6.07 Å². The number of aromatic amines is 1. The third kappa shape index (κ3) is 3.50. The highest BCUT2D eigenvalue weighted by Gasteiger charge is 2.18. The van der Waals surface area contributed by atoms with Crippen LogP contribution in [0.1, 0.15) is 27.6 Å². The molecule has 0 atom stereocenters. The van der Waals surface area contributed by atoms with Gasteiger partial charge in [-0.05, 0) is 25.1 Å². The van der Waals surface area contributed by atoms with Crippen LogP contribution in [-0.2, 0) is 4.74 Å². The van der Waals surface area contributed by atoms with Crippen LogP contribution >= 0.6 is 12.2 Å². The lowest BCUT2D eigenvalue weighted by atomic mass is 10.2. The highest BCUT2D eigenvalue weighted by molar-refractivity contribution is 7.71. The summed E-state index contributed by atoms with van der Waals surface area (Å²) in [6.45, 7) is 1.79. The number of carbonyl (C=O) groups is 2. The molecule has 6 nitrogen and oxygen atoms in total. The Labute approximate surface area is 131 Å². The maximum atomic E-state index is 12.2. The summed E-state index contributed by atoms with van der Waals surface area (Å²) < 4.78 is 4.84. The Morgan fingerprint density at radius 3 is 2.59 bits per heavy atom. The number of pyridine rings is 1. The van der Waals surface area contributed by atoms with Crippen molar-refractivity contribution < 1.29 is 19.4 Å². The number of hydrogen-bond acceptors (Lipinski definition) is 5. The number of anilines is 1. The molecule has 0 saturated heterocycles. The quantitative estimate of drug-likeness (QED) is 0.595. The molecule has 0 aliphatic carbocycles. The van der Waals surface area contributed by atoms with Gasteiger partial charge < -0.3 is 20.1 Å². The zero-order chi connectivity index (χ0) is 16.1. The summed E-state index contributed by atoms with van der Waals surface area (Å²) in [7, 11) is 0. The summed E-state index contributed by atoms with van der Waals surface area (Å²) in [4.78, 5) is 26.4. The second kappa shape index (κ2) is 6.86. The van der Waals surface area contributed by atoms with Gasteiger partial charge in [-0.15, -0.1) is 0 Å². The largest absolute Gasteiger partial charge is 0.494 e. The molecule has 1 heterocycles. The minimum Gasteiger partial charge on any atom is -0.494 e. The van der Waals surface area contributed by atoms with Crippen molar-refractivity contribution in [2.75, 3.05) is 11.9 Å². The van der Waals surface area contributed by atoms with Gasteiger partial charge in [0.05, 0.1) is 12.2 Å². The fourth-order valence-electron chi connectivity index (χ4n) is 1.77. The van der Waals surface area contributed by atoms with Gasteiger partial charge in [0.1, 0.15) is 10.2 Å². The number of hydrogen-bond donors (Lipinski definition) is 3. The monoisotopic (exact) mass is 318 g/mol. The topological polar surface area (TPSA) is 91.4 Å². The third-order valence-corrected chi connectivity index (χ3v) is 3.11. The molecule has 2 rings (SSSR count). The molecule has 0 fully saturated rings. The van der Waals surface area contributed by atoms with Gasteiger partial charge in [-0.25, -0.2) is 4.79 Å². The lowest BCUT2D eigenvalue weighted by Crippen LogP contribution is -2.15. The number of para-hydroxylation sites is 1. The van der Waals surface area contributed by atoms with Gasteiger partial charge in [0.2, 0.25) is 5.88 Å². The number of esters is 1. The predicted molar refractivity (Wildman–Crippen MR) is 83.6 cm³/mol. The molecule has 0 aliphatic rings. The molecule has 114 valence electrons. The summed E-state index contributed by atoms with van der Waals surface area (Å²) in [5, 5.41) is 12.4. The van der Waals surface area contributed by atoms with Crippen molar-refractivity contribution in [3.63, 3.8) is 0 Å². The molecular formula is C15H14N2O4S. The van der Waals surface area contributed by atoms with E-state index < -0.39 is 17.8 Å². The summed E-state index contributed by atoms with van der Waals surface area (Å²) >= 11 is 5.01. The zero-order valence-electron chi connectivity index (χ0n) is 11.8. The molecule has 1 amide bonds. The number of amides is 1. The van der Waals surface area contributed by atoms with Crippen LogP contribution in [0.4, 0.5) is 5.69 Å². The molecule has 0 saturated carbocycles. The van der Waals surface area contributed by atoms with E-state index in [9.17, 15) is 14.7 Å². The smallest absolute Gasteiger partial charge is 0.343 e. The lowest BCUT2D eigenvalue weighted by molar-refractivity contribution is 0.0522. The lowest BCUT2D eigenvalue weighted by Gasteiger charge is -2.08. The Morgan fingerprint density at radius 2 is 1.95 bits per heavy atom. The van der Waals surface area contributed by atoms with Crippen LogP contribution < -0.4 is 5.32 Å². The van der Waals surface area contributed by atoms with Crippen molar-refractivity contribution >= 4 is 29.8 Å². The zero-order valence-corrected chi connectivity index (χ0v) is 12.6. The minimum atomic E-state index is -0.736. The summed E-state index contributed by atoms with van der Waals surface area (Å²) in [6.07, 6.45) is 0. The van der Waals surface area contributed by atoms with Crippen LogP contribution in [0.3, 0.4) is 0 Å². The molecule has 0 bridgehead atoms. The van der Waals surface area contributed by atoms with Gasteiger partial charge in [-0.2, -0.15) is 0 Å². The maximum absolute atomic E-state index is 12.2. The van der Waals surface area contributed by atoms with E-state index in [4.69, 9.17) is 17.0 Å². The standard InChI is InChI=1S/C15H14N2O4S/c1-2-21-15(20)11-8-10(14(22)17-13(11)19)12(18)16-9-6-4-3-5-7-9/h3-8H,2H2,1H3,(H,16,18)(H2,17,19,22). The van der Waals surface area contributed by atoms with Gasteiger partial charge >= 0.3 is 5.97 Å². The Balaban J connectivity index is 2.34. The Hall–Kier alpha value is -2.67. The van der Waals surface area contributed by atoms with Crippen molar-refractivity contribution in [3.8, 4) is 5.88 Å². The number of H-pyrrole nitrogens is 1. The van der Waals surface area contributed by atoms with Gasteiger partial charge in [0, 0.05) is 5.69 Å². The summed E-state index contributed by atoms with van der Waals surface area (Å²) in [5.41, 5.74) is 0.515. The van der Waals surface area contributed by atoms with Crippen molar-refractivity contribution in [1.82, 2.24) is 4.98 Å². The molecular weight excluding hydrogens is 304 g/mol. The van der Waals surface area contributed by atoms with Crippen LogP contribution in [0, 0.1) is 4.64 Å². The fraction of sp³-hybridized carbons (Fsp3) is 0.133. The molecule has 1 aromatic heterocycles. The number of benzene rings is 1. The number of rotatable bonds is 4. The Bertz CT molecular complexity index is 756. The van der Waals surface area contributed by atoms with Crippen LogP contribution in [0.15, 0.2) is 36.4 Å². The summed E-state index contributed by atoms with van der Waals surface area (Å²) in [6, 6.07) is 10.0. The maximum Gasteiger partial charge on any atom is 0.343 e. The van der Waals surface area contributed by atoms with Gasteiger partial charge in [0.25, 0.3) is 5.91 Å². The van der Waals surface area contributed by atoms with Crippen molar-refractivity contribution in [3.05, 3.63) is 52.2 Å². The van der Waals surface area contributed by atoms with E-state index >= 15 is 0 Å². The van der Waals surface area contributed by atoms with Crippen LogP contribution in [0.5, 0.6) is 5.88 Å². The van der Waals surface area contributed by atoms with Crippen molar-refractivity contribution in [1.29, 1.82) is 0 Å². The number of ether oxygens (including phenoxy) is 1. The number of aromatic hydroxyl groups is 1. The molecule has 0 spiro atoms. The van der Waals surface area contributed by atoms with E-state index in [-0.39, 0.29) is 22.4 Å². The third-order valence-electron chi connectivity index (χ3n) is 2.79. The van der Waals surface area contributed by atoms with Crippen LogP contribution in [0.25, 0.3) is 0 Å². The first-order chi connectivity index (χ1) is 10.5. The highest BCUT2D eigenvalue weighted by Crippen LogP contribution is 2.19. The van der Waals surface area contributed by atoms with E-state index in [2.05, 4.69) is 10.3 Å². The normalized spacial score (nSPS) is 10.0. The molecule has 7 heteroatoms. The second-order valence-electron chi connectivity index (χ2n) is 4.32. The van der Waals surface area contributed by atoms with Gasteiger partial charge in [0.15, 0.2) is 0 Å². The first-order valence-electron chi connectivity index (χ1n) is 6.52. The molecule has 0 radical (unpaired) electrons. The molecule has 1 aromatic carbocycles. The van der Waals surface area contributed by atoms with Crippen molar-refractivity contribution in [2.24, 2.45) is 0 Å². The van der Waals surface area contributed by atoms with E-state index in [1.165, 1.54) is 6.07 Å². The van der Waals surface area contributed by atoms with Crippen molar-refractivity contribution in [2.45, 2.75) is 6.92 Å². The summed E-state index contributed by atoms with van der Waals surface area (Å²) in [5.74, 6) is -1.65. The Morgan fingerprint density at radius 1 is 1.27 bits per heavy atom. The minimum absolute atomic E-state index is 0.0268. The van der Waals surface area contributed by atoms with Gasteiger partial charge in [-0.1, -0.05) is 30.4 Å². The second-order valence-corrected chi connectivity index (χ2v) is 4.72. The van der Waals surface area contributed by atoms with Crippen LogP contribution in [0.2, 0.25) is 0 Å². The molecule has 3 N–H and O–H groups in total. The first-order valence-corrected chi connectivity index (χ1v) is 6.93. The molecule has 22 heavy (non-hydrogen) atoms. The Kier molecular flexibility index (Phi) is 4.90. The predicted octanol–water partition coefficient (Wildman–Crippen LogP) is 2.88. The number of nitrogens with one attached hydrogen (secondary N) is 2. The van der Waals surface area contributed by atoms with E-state index in [1.54, 1.807) is 31.2 Å². The average molecular weight is 318 g/mol.